The second kappa shape index (κ2) is 8.65. The number of likely N-dealkylation sites (tertiary alicyclic amines) is 1. The second-order valence-corrected chi connectivity index (χ2v) is 6.30. The molecule has 0 bridgehead atoms. The van der Waals surface area contributed by atoms with E-state index in [1.165, 1.54) is 18.4 Å². The van der Waals surface area contributed by atoms with E-state index in [1.54, 1.807) is 0 Å². The van der Waals surface area contributed by atoms with Crippen LogP contribution >= 0.6 is 0 Å². The zero-order valence-electron chi connectivity index (χ0n) is 14.4. The van der Waals surface area contributed by atoms with Gasteiger partial charge in [-0.3, -0.25) is 9.69 Å². The first-order valence-corrected chi connectivity index (χ1v) is 8.80. The van der Waals surface area contributed by atoms with Crippen LogP contribution in [0.25, 0.3) is 0 Å². The molecule has 0 atom stereocenters. The first-order valence-electron chi connectivity index (χ1n) is 8.80. The largest absolute Gasteiger partial charge is 0.492 e. The van der Waals surface area contributed by atoms with Crippen molar-refractivity contribution < 1.29 is 9.53 Å². The van der Waals surface area contributed by atoms with Gasteiger partial charge in [-0.1, -0.05) is 12.1 Å². The van der Waals surface area contributed by atoms with Crippen molar-refractivity contribution in [1.29, 1.82) is 0 Å². The van der Waals surface area contributed by atoms with Gasteiger partial charge in [0.2, 0.25) is 0 Å². The monoisotopic (exact) mass is 339 g/mol. The van der Waals surface area contributed by atoms with Crippen LogP contribution in [0.5, 0.6) is 5.75 Å². The molecule has 5 heteroatoms. The summed E-state index contributed by atoms with van der Waals surface area (Å²) in [5.41, 5.74) is 8.02. The third-order valence-electron chi connectivity index (χ3n) is 4.29. The van der Waals surface area contributed by atoms with Crippen molar-refractivity contribution in [2.24, 2.45) is 5.73 Å². The number of ether oxygens (including phenoxy) is 1. The Balaban J connectivity index is 1.60. The highest BCUT2D eigenvalue weighted by Crippen LogP contribution is 2.18. The van der Waals surface area contributed by atoms with Crippen LogP contribution in [0.2, 0.25) is 0 Å². The third-order valence-corrected chi connectivity index (χ3v) is 4.29. The molecule has 2 aromatic rings. The van der Waals surface area contributed by atoms with Crippen molar-refractivity contribution in [3.05, 3.63) is 59.7 Å². The molecular formula is C20H25N3O2. The standard InChI is InChI=1S/C20H25N3O2/c21-10-13-25-19-8-6-18(7-9-19)22-20(24)17-5-3-4-16(14-17)15-23-11-1-2-12-23/h3-9,14H,1-2,10-13,15,21H2,(H,22,24). The fraction of sp³-hybridized carbons (Fsp3) is 0.350. The number of benzene rings is 2. The lowest BCUT2D eigenvalue weighted by Crippen LogP contribution is -2.19. The van der Waals surface area contributed by atoms with Gasteiger partial charge in [-0.15, -0.1) is 0 Å². The van der Waals surface area contributed by atoms with Crippen LogP contribution in [0.3, 0.4) is 0 Å². The summed E-state index contributed by atoms with van der Waals surface area (Å²) < 4.78 is 5.44. The Morgan fingerprint density at radius 1 is 1.12 bits per heavy atom. The second-order valence-electron chi connectivity index (χ2n) is 6.30. The van der Waals surface area contributed by atoms with Crippen LogP contribution in [0.15, 0.2) is 48.5 Å². The number of nitrogens with one attached hydrogen (secondary N) is 1. The van der Waals surface area contributed by atoms with Gasteiger partial charge >= 0.3 is 0 Å². The number of nitrogens with two attached hydrogens (primary N) is 1. The van der Waals surface area contributed by atoms with Crippen LogP contribution < -0.4 is 15.8 Å². The molecule has 1 saturated heterocycles. The number of rotatable bonds is 7. The molecule has 3 rings (SSSR count). The lowest BCUT2D eigenvalue weighted by atomic mass is 10.1. The topological polar surface area (TPSA) is 67.6 Å². The summed E-state index contributed by atoms with van der Waals surface area (Å²) in [6, 6.07) is 15.2. The molecule has 0 unspecified atom stereocenters. The fourth-order valence-corrected chi connectivity index (χ4v) is 3.02. The SMILES string of the molecule is NCCOc1ccc(NC(=O)c2cccc(CN3CCCC3)c2)cc1. The first-order chi connectivity index (χ1) is 12.2. The van der Waals surface area contributed by atoms with Gasteiger partial charge in [0, 0.05) is 24.3 Å². The first kappa shape index (κ1) is 17.5. The maximum absolute atomic E-state index is 12.5. The molecule has 0 aliphatic carbocycles. The minimum atomic E-state index is -0.0982. The minimum absolute atomic E-state index is 0.0982. The molecule has 1 amide bonds. The Labute approximate surface area is 148 Å². The molecular weight excluding hydrogens is 314 g/mol. The van der Waals surface area contributed by atoms with E-state index in [2.05, 4.69) is 16.3 Å². The average Bonchev–Trinajstić information content (AvgIpc) is 3.14. The summed E-state index contributed by atoms with van der Waals surface area (Å²) in [6.07, 6.45) is 2.54. The number of amides is 1. The Hall–Kier alpha value is -2.37. The Morgan fingerprint density at radius 3 is 2.60 bits per heavy atom. The van der Waals surface area contributed by atoms with Crippen molar-refractivity contribution in [2.45, 2.75) is 19.4 Å². The summed E-state index contributed by atoms with van der Waals surface area (Å²) in [5, 5.41) is 2.93. The number of hydrogen-bond donors (Lipinski definition) is 2. The Kier molecular flexibility index (Phi) is 6.04. The van der Waals surface area contributed by atoms with E-state index in [1.807, 2.05) is 42.5 Å². The van der Waals surface area contributed by atoms with Crippen molar-refractivity contribution in [1.82, 2.24) is 4.90 Å². The van der Waals surface area contributed by atoms with Crippen LogP contribution in [-0.2, 0) is 6.54 Å². The van der Waals surface area contributed by atoms with Crippen molar-refractivity contribution in [3.63, 3.8) is 0 Å². The zero-order valence-corrected chi connectivity index (χ0v) is 14.4. The van der Waals surface area contributed by atoms with Crippen LogP contribution in [0.4, 0.5) is 5.69 Å². The Morgan fingerprint density at radius 2 is 1.88 bits per heavy atom. The number of nitrogens with zero attached hydrogens (tertiary/aromatic N) is 1. The maximum Gasteiger partial charge on any atom is 0.255 e. The molecule has 1 aliphatic heterocycles. The smallest absolute Gasteiger partial charge is 0.255 e. The van der Waals surface area contributed by atoms with Gasteiger partial charge in [0.05, 0.1) is 0 Å². The molecule has 5 nitrogen and oxygen atoms in total. The predicted molar refractivity (Wildman–Crippen MR) is 99.9 cm³/mol. The highest BCUT2D eigenvalue weighted by atomic mass is 16.5. The van der Waals surface area contributed by atoms with Gasteiger partial charge in [0.1, 0.15) is 12.4 Å². The molecule has 132 valence electrons. The van der Waals surface area contributed by atoms with E-state index in [4.69, 9.17) is 10.5 Å². The van der Waals surface area contributed by atoms with Gasteiger partial charge in [0.15, 0.2) is 0 Å². The van der Waals surface area contributed by atoms with Gasteiger partial charge in [-0.05, 0) is 67.9 Å². The van der Waals surface area contributed by atoms with E-state index in [0.29, 0.717) is 18.7 Å². The molecule has 25 heavy (non-hydrogen) atoms. The lowest BCUT2D eigenvalue weighted by molar-refractivity contribution is 0.102. The van der Waals surface area contributed by atoms with Crippen LogP contribution in [-0.4, -0.2) is 37.0 Å². The summed E-state index contributed by atoms with van der Waals surface area (Å²) in [5.74, 6) is 0.648. The van der Waals surface area contributed by atoms with E-state index in [-0.39, 0.29) is 5.91 Å². The maximum atomic E-state index is 12.5. The number of hydrogen-bond acceptors (Lipinski definition) is 4. The van der Waals surface area contributed by atoms with Crippen molar-refractivity contribution >= 4 is 11.6 Å². The molecule has 3 N–H and O–H groups in total. The van der Waals surface area contributed by atoms with E-state index < -0.39 is 0 Å². The lowest BCUT2D eigenvalue weighted by Gasteiger charge is -2.15. The third kappa shape index (κ3) is 5.05. The highest BCUT2D eigenvalue weighted by Gasteiger charge is 2.13. The summed E-state index contributed by atoms with van der Waals surface area (Å²) in [6.45, 7) is 4.17. The summed E-state index contributed by atoms with van der Waals surface area (Å²) in [4.78, 5) is 14.9. The van der Waals surface area contributed by atoms with Gasteiger partial charge in [-0.2, -0.15) is 0 Å². The minimum Gasteiger partial charge on any atom is -0.492 e. The molecule has 1 fully saturated rings. The molecule has 0 saturated carbocycles. The number of carbonyl (C=O) groups is 1. The highest BCUT2D eigenvalue weighted by molar-refractivity contribution is 6.04. The van der Waals surface area contributed by atoms with Crippen molar-refractivity contribution in [3.8, 4) is 5.75 Å². The van der Waals surface area contributed by atoms with Gasteiger partial charge in [-0.25, -0.2) is 0 Å². The molecule has 2 aromatic carbocycles. The van der Waals surface area contributed by atoms with E-state index in [9.17, 15) is 4.79 Å². The fourth-order valence-electron chi connectivity index (χ4n) is 3.02. The summed E-state index contributed by atoms with van der Waals surface area (Å²) in [7, 11) is 0. The zero-order chi connectivity index (χ0) is 17.5. The molecule has 0 aromatic heterocycles. The molecule has 0 spiro atoms. The van der Waals surface area contributed by atoms with E-state index >= 15 is 0 Å². The summed E-state index contributed by atoms with van der Waals surface area (Å²) >= 11 is 0. The Bertz CT molecular complexity index is 694. The quantitative estimate of drug-likeness (QED) is 0.814. The normalized spacial score (nSPS) is 14.4. The van der Waals surface area contributed by atoms with Crippen LogP contribution in [0, 0.1) is 0 Å². The molecule has 0 radical (unpaired) electrons. The van der Waals surface area contributed by atoms with Gasteiger partial charge in [0.25, 0.3) is 5.91 Å². The molecule has 1 heterocycles. The van der Waals surface area contributed by atoms with Gasteiger partial charge < -0.3 is 15.8 Å². The number of carbonyl (C=O) groups excluding carboxylic acids is 1. The van der Waals surface area contributed by atoms with Crippen molar-refractivity contribution in [2.75, 3.05) is 31.6 Å². The number of anilines is 1. The van der Waals surface area contributed by atoms with Crippen LogP contribution in [0.1, 0.15) is 28.8 Å². The average molecular weight is 339 g/mol. The van der Waals surface area contributed by atoms with E-state index in [0.717, 1.165) is 31.1 Å². The molecule has 1 aliphatic rings. The predicted octanol–water partition coefficient (Wildman–Crippen LogP) is 2.87.